The highest BCUT2D eigenvalue weighted by molar-refractivity contribution is 6.17. The van der Waals surface area contributed by atoms with Gasteiger partial charge in [-0.25, -0.2) is 0 Å². The second-order valence-corrected chi connectivity index (χ2v) is 7.28. The first kappa shape index (κ1) is 14.3. The summed E-state index contributed by atoms with van der Waals surface area (Å²) in [5.41, 5.74) is 2.57. The summed E-state index contributed by atoms with van der Waals surface area (Å²) in [6.45, 7) is 6.81. The first-order chi connectivity index (χ1) is 9.89. The Morgan fingerprint density at radius 1 is 1.33 bits per heavy atom. The third-order valence-electron chi connectivity index (χ3n) is 5.18. The van der Waals surface area contributed by atoms with Gasteiger partial charge >= 0.3 is 5.97 Å². The fourth-order valence-corrected chi connectivity index (χ4v) is 3.80. The molecule has 1 aliphatic heterocycles. The summed E-state index contributed by atoms with van der Waals surface area (Å²) < 4.78 is 5.15. The molecule has 1 heterocycles. The maximum absolute atomic E-state index is 12.6. The SMILES string of the molecule is COC(=O)C12CC[C@@H](C(C)(C)C)CC1=Nc1ccccc12. The number of carbonyl (C=O) groups is 1. The highest BCUT2D eigenvalue weighted by Gasteiger charge is 2.54. The van der Waals surface area contributed by atoms with E-state index in [1.165, 1.54) is 7.11 Å². The van der Waals surface area contributed by atoms with Crippen molar-refractivity contribution in [2.75, 3.05) is 7.11 Å². The molecule has 0 N–H and O–H groups in total. The van der Waals surface area contributed by atoms with Crippen LogP contribution in [-0.2, 0) is 14.9 Å². The number of rotatable bonds is 1. The van der Waals surface area contributed by atoms with Gasteiger partial charge in [0.1, 0.15) is 5.41 Å². The summed E-state index contributed by atoms with van der Waals surface area (Å²) in [5.74, 6) is 0.405. The molecule has 112 valence electrons. The maximum atomic E-state index is 12.6. The van der Waals surface area contributed by atoms with Crippen molar-refractivity contribution in [2.45, 2.75) is 45.4 Å². The molecule has 1 unspecified atom stereocenters. The van der Waals surface area contributed by atoms with Crippen molar-refractivity contribution in [3.05, 3.63) is 29.8 Å². The number of hydrogen-bond donors (Lipinski definition) is 0. The molecule has 0 saturated heterocycles. The average molecular weight is 285 g/mol. The van der Waals surface area contributed by atoms with Crippen molar-refractivity contribution < 1.29 is 9.53 Å². The van der Waals surface area contributed by atoms with Crippen LogP contribution in [0.25, 0.3) is 0 Å². The van der Waals surface area contributed by atoms with Crippen molar-refractivity contribution in [2.24, 2.45) is 16.3 Å². The molecular weight excluding hydrogens is 262 g/mol. The number of esters is 1. The second kappa shape index (κ2) is 4.69. The van der Waals surface area contributed by atoms with Gasteiger partial charge in [-0.1, -0.05) is 39.0 Å². The first-order valence-corrected chi connectivity index (χ1v) is 7.65. The van der Waals surface area contributed by atoms with Gasteiger partial charge in [0.25, 0.3) is 0 Å². The quantitative estimate of drug-likeness (QED) is 0.731. The highest BCUT2D eigenvalue weighted by Crippen LogP contribution is 2.51. The fraction of sp³-hybridized carbons (Fsp3) is 0.556. The third-order valence-corrected chi connectivity index (χ3v) is 5.18. The van der Waals surface area contributed by atoms with Crippen molar-refractivity contribution in [1.82, 2.24) is 0 Å². The molecule has 21 heavy (non-hydrogen) atoms. The van der Waals surface area contributed by atoms with Gasteiger partial charge in [-0.2, -0.15) is 0 Å². The molecule has 1 fully saturated rings. The van der Waals surface area contributed by atoms with Gasteiger partial charge in [0.15, 0.2) is 0 Å². The molecule has 0 amide bonds. The predicted molar refractivity (Wildman–Crippen MR) is 84.0 cm³/mol. The Balaban J connectivity index is 2.07. The van der Waals surface area contributed by atoms with E-state index in [0.717, 1.165) is 36.2 Å². The number of hydrogen-bond acceptors (Lipinski definition) is 3. The monoisotopic (exact) mass is 285 g/mol. The zero-order valence-corrected chi connectivity index (χ0v) is 13.3. The van der Waals surface area contributed by atoms with Crippen LogP contribution in [-0.4, -0.2) is 18.8 Å². The summed E-state index contributed by atoms with van der Waals surface area (Å²) in [7, 11) is 1.48. The van der Waals surface area contributed by atoms with E-state index in [9.17, 15) is 4.79 Å². The molecule has 2 aliphatic rings. The molecule has 1 aromatic rings. The Morgan fingerprint density at radius 3 is 2.71 bits per heavy atom. The van der Waals surface area contributed by atoms with Gasteiger partial charge in [-0.3, -0.25) is 9.79 Å². The lowest BCUT2D eigenvalue weighted by Gasteiger charge is -2.41. The van der Waals surface area contributed by atoms with E-state index in [1.54, 1.807) is 0 Å². The molecule has 1 aromatic carbocycles. The Hall–Kier alpha value is -1.64. The lowest BCUT2D eigenvalue weighted by molar-refractivity contribution is -0.145. The highest BCUT2D eigenvalue weighted by atomic mass is 16.5. The van der Waals surface area contributed by atoms with Crippen LogP contribution >= 0.6 is 0 Å². The van der Waals surface area contributed by atoms with Crippen molar-refractivity contribution in [3.63, 3.8) is 0 Å². The van der Waals surface area contributed by atoms with Crippen LogP contribution in [0.1, 0.15) is 45.6 Å². The topological polar surface area (TPSA) is 38.7 Å². The normalized spacial score (nSPS) is 27.6. The van der Waals surface area contributed by atoms with Crippen molar-refractivity contribution >= 4 is 17.4 Å². The van der Waals surface area contributed by atoms with E-state index in [1.807, 2.05) is 24.3 Å². The number of methoxy groups -OCH3 is 1. The van der Waals surface area contributed by atoms with Gasteiger partial charge in [-0.05, 0) is 36.7 Å². The molecule has 0 bridgehead atoms. The number of aliphatic imine (C=N–C) groups is 1. The van der Waals surface area contributed by atoms with Gasteiger partial charge in [0.2, 0.25) is 0 Å². The molecular formula is C18H23NO2. The van der Waals surface area contributed by atoms with E-state index in [0.29, 0.717) is 5.92 Å². The van der Waals surface area contributed by atoms with Crippen LogP contribution in [0.15, 0.2) is 29.3 Å². The Morgan fingerprint density at radius 2 is 2.05 bits per heavy atom. The first-order valence-electron chi connectivity index (χ1n) is 7.65. The molecule has 3 nitrogen and oxygen atoms in total. The average Bonchev–Trinajstić information content (AvgIpc) is 2.80. The standard InChI is InChI=1S/C18H23NO2/c1-17(2,3)12-9-10-18(16(20)21-4)13-7-5-6-8-14(13)19-15(18)11-12/h5-8,12H,9-11H2,1-4H3/t12-,18?/m1/s1. The van der Waals surface area contributed by atoms with Gasteiger partial charge in [0.05, 0.1) is 12.8 Å². The summed E-state index contributed by atoms with van der Waals surface area (Å²) >= 11 is 0. The molecule has 2 atom stereocenters. The Kier molecular flexibility index (Phi) is 3.19. The Bertz CT molecular complexity index is 612. The summed E-state index contributed by atoms with van der Waals surface area (Å²) in [5, 5.41) is 0. The van der Waals surface area contributed by atoms with E-state index < -0.39 is 5.41 Å². The lowest BCUT2D eigenvalue weighted by Crippen LogP contribution is -2.48. The minimum Gasteiger partial charge on any atom is -0.468 e. The van der Waals surface area contributed by atoms with Gasteiger partial charge in [-0.15, -0.1) is 0 Å². The number of fused-ring (bicyclic) bond motifs is 3. The maximum Gasteiger partial charge on any atom is 0.322 e. The largest absolute Gasteiger partial charge is 0.468 e. The minimum absolute atomic E-state index is 0.154. The number of para-hydroxylation sites is 1. The second-order valence-electron chi connectivity index (χ2n) is 7.28. The third kappa shape index (κ3) is 2.02. The van der Waals surface area contributed by atoms with Crippen LogP contribution in [0.4, 0.5) is 5.69 Å². The number of carbonyl (C=O) groups excluding carboxylic acids is 1. The summed E-state index contributed by atoms with van der Waals surface area (Å²) in [6, 6.07) is 7.99. The fourth-order valence-electron chi connectivity index (χ4n) is 3.80. The van der Waals surface area contributed by atoms with E-state index >= 15 is 0 Å². The zero-order valence-electron chi connectivity index (χ0n) is 13.3. The van der Waals surface area contributed by atoms with Crippen LogP contribution in [0.2, 0.25) is 0 Å². The minimum atomic E-state index is -0.632. The van der Waals surface area contributed by atoms with E-state index in [-0.39, 0.29) is 11.4 Å². The predicted octanol–water partition coefficient (Wildman–Crippen LogP) is 4.03. The van der Waals surface area contributed by atoms with E-state index in [2.05, 4.69) is 20.8 Å². The van der Waals surface area contributed by atoms with Crippen LogP contribution in [0, 0.1) is 11.3 Å². The van der Waals surface area contributed by atoms with Crippen molar-refractivity contribution in [1.29, 1.82) is 0 Å². The van der Waals surface area contributed by atoms with Gasteiger partial charge < -0.3 is 4.74 Å². The molecule has 3 heteroatoms. The van der Waals surface area contributed by atoms with Crippen LogP contribution < -0.4 is 0 Å². The number of nitrogens with zero attached hydrogens (tertiary/aromatic N) is 1. The van der Waals surface area contributed by atoms with Crippen LogP contribution in [0.5, 0.6) is 0 Å². The number of benzene rings is 1. The lowest BCUT2D eigenvalue weighted by atomic mass is 9.61. The van der Waals surface area contributed by atoms with Crippen molar-refractivity contribution in [3.8, 4) is 0 Å². The molecule has 0 radical (unpaired) electrons. The molecule has 3 rings (SSSR count). The molecule has 1 saturated carbocycles. The number of ether oxygens (including phenoxy) is 1. The zero-order chi connectivity index (χ0) is 15.3. The molecule has 1 aliphatic carbocycles. The van der Waals surface area contributed by atoms with Gasteiger partial charge in [0, 0.05) is 11.3 Å². The molecule has 0 spiro atoms. The van der Waals surface area contributed by atoms with Crippen LogP contribution in [0.3, 0.4) is 0 Å². The Labute approximate surface area is 126 Å². The van der Waals surface area contributed by atoms with E-state index in [4.69, 9.17) is 9.73 Å². The molecule has 0 aromatic heterocycles. The summed E-state index contributed by atoms with van der Waals surface area (Å²) in [6.07, 6.45) is 2.72. The summed E-state index contributed by atoms with van der Waals surface area (Å²) in [4.78, 5) is 17.4. The smallest absolute Gasteiger partial charge is 0.322 e.